The number of ether oxygens (including phenoxy) is 1. The molecule has 0 bridgehead atoms. The Morgan fingerprint density at radius 2 is 1.89 bits per heavy atom. The minimum Gasteiger partial charge on any atom is -0.447 e. The number of nitrogens with zero attached hydrogens (tertiary/aromatic N) is 1. The second kappa shape index (κ2) is 8.78. The molecule has 1 aliphatic heterocycles. The molecular weight excluding hydrogens is 372 g/mol. The summed E-state index contributed by atoms with van der Waals surface area (Å²) in [7, 11) is -2.02. The summed E-state index contributed by atoms with van der Waals surface area (Å²) in [6, 6.07) is 9.61. The number of imide groups is 1. The average Bonchev–Trinajstić information content (AvgIpc) is 2.98. The summed E-state index contributed by atoms with van der Waals surface area (Å²) in [4.78, 5) is 26.9. The van der Waals surface area contributed by atoms with Crippen LogP contribution in [0.5, 0.6) is 0 Å². The van der Waals surface area contributed by atoms with Crippen LogP contribution in [0.3, 0.4) is 0 Å². The summed E-state index contributed by atoms with van der Waals surface area (Å²) < 4.78 is 11.7. The van der Waals surface area contributed by atoms with Crippen LogP contribution in [0.4, 0.5) is 4.79 Å². The highest BCUT2D eigenvalue weighted by Gasteiger charge is 2.44. The van der Waals surface area contributed by atoms with Gasteiger partial charge >= 0.3 is 6.09 Å². The SMILES string of the molecule is CC[13C@@H](O[Si](C)(C)C(C)(C)C)[13C@@H](C)C(=O)N1C(=O)OC[C@H]1Cc1ccccc1. The van der Waals surface area contributed by atoms with Crippen molar-refractivity contribution in [3.8, 4) is 0 Å². The molecule has 1 aromatic carbocycles. The molecule has 5 nitrogen and oxygen atoms in total. The van der Waals surface area contributed by atoms with Crippen LogP contribution in [0.15, 0.2) is 30.3 Å². The van der Waals surface area contributed by atoms with Crippen LogP contribution in [0.2, 0.25) is 18.1 Å². The molecule has 2 rings (SSSR count). The third-order valence-corrected chi connectivity index (χ3v) is 10.6. The first-order valence-corrected chi connectivity index (χ1v) is 13.1. The van der Waals surface area contributed by atoms with Gasteiger partial charge in [-0.3, -0.25) is 4.79 Å². The Hall–Kier alpha value is -1.66. The lowest BCUT2D eigenvalue weighted by molar-refractivity contribution is -0.136. The van der Waals surface area contributed by atoms with Crippen LogP contribution < -0.4 is 0 Å². The maximum atomic E-state index is 13.3. The lowest BCUT2D eigenvalue weighted by atomic mass is 10.1. The van der Waals surface area contributed by atoms with Crippen molar-refractivity contribution in [3.63, 3.8) is 0 Å². The highest BCUT2D eigenvalue weighted by molar-refractivity contribution is 6.74. The average molecular weight is 408 g/mol. The van der Waals surface area contributed by atoms with E-state index in [-0.39, 0.29) is 29.7 Å². The summed E-state index contributed by atoms with van der Waals surface area (Å²) >= 11 is 0. The normalized spacial score (nSPS) is 20.0. The summed E-state index contributed by atoms with van der Waals surface area (Å²) in [6.07, 6.45) is 0.579. The van der Waals surface area contributed by atoms with E-state index in [1.54, 1.807) is 0 Å². The Morgan fingerprint density at radius 3 is 2.43 bits per heavy atom. The van der Waals surface area contributed by atoms with Gasteiger partial charge in [-0.25, -0.2) is 9.69 Å². The first-order chi connectivity index (χ1) is 13.0. The monoisotopic (exact) mass is 407 g/mol. The van der Waals surface area contributed by atoms with E-state index >= 15 is 0 Å². The molecule has 0 aliphatic carbocycles. The largest absolute Gasteiger partial charge is 0.447 e. The van der Waals surface area contributed by atoms with Crippen LogP contribution in [0, 0.1) is 5.92 Å². The molecule has 0 saturated carbocycles. The van der Waals surface area contributed by atoms with E-state index < -0.39 is 20.3 Å². The molecule has 28 heavy (non-hydrogen) atoms. The van der Waals surface area contributed by atoms with E-state index in [0.717, 1.165) is 12.0 Å². The minimum absolute atomic E-state index is 0.0611. The van der Waals surface area contributed by atoms with Crippen LogP contribution >= 0.6 is 0 Å². The van der Waals surface area contributed by atoms with Crippen molar-refractivity contribution in [1.82, 2.24) is 4.90 Å². The van der Waals surface area contributed by atoms with E-state index in [9.17, 15) is 9.59 Å². The zero-order valence-electron chi connectivity index (χ0n) is 18.3. The third-order valence-electron chi connectivity index (χ3n) is 6.11. The number of hydrogen-bond acceptors (Lipinski definition) is 4. The Balaban J connectivity index is 2.15. The first-order valence-electron chi connectivity index (χ1n) is 10.2. The number of amides is 2. The van der Waals surface area contributed by atoms with Crippen molar-refractivity contribution in [2.24, 2.45) is 5.92 Å². The minimum atomic E-state index is -2.02. The van der Waals surface area contributed by atoms with Gasteiger partial charge in [0.2, 0.25) is 5.91 Å². The van der Waals surface area contributed by atoms with Gasteiger partial charge in [-0.15, -0.1) is 0 Å². The number of carbonyl (C=O) groups excluding carboxylic acids is 2. The molecule has 2 amide bonds. The molecular formula is C22H35NO4Si. The lowest BCUT2D eigenvalue weighted by Gasteiger charge is -2.41. The van der Waals surface area contributed by atoms with Gasteiger partial charge in [0.25, 0.3) is 0 Å². The van der Waals surface area contributed by atoms with E-state index in [0.29, 0.717) is 6.42 Å². The second-order valence-corrected chi connectivity index (χ2v) is 14.0. The van der Waals surface area contributed by atoms with Gasteiger partial charge in [-0.05, 0) is 36.5 Å². The predicted molar refractivity (Wildman–Crippen MR) is 114 cm³/mol. The molecule has 1 fully saturated rings. The fourth-order valence-corrected chi connectivity index (χ4v) is 4.72. The molecule has 0 aromatic heterocycles. The number of hydrogen-bond donors (Lipinski definition) is 0. The standard InChI is InChI=1S/C22H35NO4Si/c1-8-19(27-28(6,7)22(3,4)5)16(2)20(24)23-18(15-26-21(23)25)14-17-12-10-9-11-13-17/h9-13,16,18-19H,8,14-15H2,1-7H3/t16-,18-,19-/m1/s1/i16+1,19+1. The van der Waals surface area contributed by atoms with Gasteiger partial charge in [-0.1, -0.05) is 65.0 Å². The van der Waals surface area contributed by atoms with E-state index in [1.165, 1.54) is 4.90 Å². The van der Waals surface area contributed by atoms with Gasteiger partial charge in [0.1, 0.15) is 6.61 Å². The molecule has 156 valence electrons. The number of carbonyl (C=O) groups is 2. The summed E-state index contributed by atoms with van der Waals surface area (Å²) in [5.41, 5.74) is 1.08. The van der Waals surface area contributed by atoms with Gasteiger partial charge in [0.15, 0.2) is 8.32 Å². The smallest absolute Gasteiger partial charge is 0.416 e. The second-order valence-electron chi connectivity index (χ2n) is 9.24. The van der Waals surface area contributed by atoms with Gasteiger partial charge < -0.3 is 9.16 Å². The fourth-order valence-electron chi connectivity index (χ4n) is 3.24. The van der Waals surface area contributed by atoms with E-state index in [1.807, 2.05) is 44.2 Å². The predicted octanol–water partition coefficient (Wildman–Crippen LogP) is 5.01. The highest BCUT2D eigenvalue weighted by atomic mass is 28.4. The maximum Gasteiger partial charge on any atom is 0.416 e. The molecule has 3 atom stereocenters. The van der Waals surface area contributed by atoms with Crippen molar-refractivity contribution in [2.45, 2.75) is 77.7 Å². The van der Waals surface area contributed by atoms with E-state index in [2.05, 4.69) is 33.9 Å². The molecule has 0 unspecified atom stereocenters. The van der Waals surface area contributed by atoms with Gasteiger partial charge in [0, 0.05) is 0 Å². The molecule has 0 radical (unpaired) electrons. The molecule has 0 spiro atoms. The van der Waals surface area contributed by atoms with Crippen LogP contribution in [-0.2, 0) is 20.4 Å². The maximum absolute atomic E-state index is 13.3. The third kappa shape index (κ3) is 5.03. The topological polar surface area (TPSA) is 55.8 Å². The Bertz CT molecular complexity index is 684. The quantitative estimate of drug-likeness (QED) is 0.471. The summed E-state index contributed by atoms with van der Waals surface area (Å²) in [5.74, 6) is -0.600. The molecule has 1 heterocycles. The lowest BCUT2D eigenvalue weighted by Crippen LogP contribution is -2.50. The molecule has 0 N–H and O–H groups in total. The molecule has 1 aromatic rings. The molecule has 1 saturated heterocycles. The Morgan fingerprint density at radius 1 is 1.29 bits per heavy atom. The van der Waals surface area contributed by atoms with Gasteiger partial charge in [0.05, 0.1) is 18.1 Å². The number of cyclic esters (lactones) is 1. The number of benzene rings is 1. The van der Waals surface area contributed by atoms with Crippen molar-refractivity contribution >= 4 is 20.3 Å². The van der Waals surface area contributed by atoms with E-state index in [4.69, 9.17) is 9.16 Å². The van der Waals surface area contributed by atoms with Gasteiger partial charge in [-0.2, -0.15) is 0 Å². The van der Waals surface area contributed by atoms with Crippen molar-refractivity contribution in [2.75, 3.05) is 6.61 Å². The van der Waals surface area contributed by atoms with Crippen molar-refractivity contribution in [1.29, 1.82) is 0 Å². The van der Waals surface area contributed by atoms with Crippen LogP contribution in [0.25, 0.3) is 0 Å². The Kier molecular flexibility index (Phi) is 7.10. The fraction of sp³-hybridized carbons (Fsp3) is 0.636. The summed E-state index contributed by atoms with van der Waals surface area (Å²) in [5, 5.41) is 0.0611. The van der Waals surface area contributed by atoms with Crippen LogP contribution in [-0.4, -0.2) is 44.0 Å². The zero-order valence-corrected chi connectivity index (χ0v) is 19.3. The summed E-state index contributed by atoms with van der Waals surface area (Å²) in [6.45, 7) is 15.1. The Labute approximate surface area is 170 Å². The molecule has 6 heteroatoms. The highest BCUT2D eigenvalue weighted by Crippen LogP contribution is 2.38. The number of rotatable bonds is 7. The van der Waals surface area contributed by atoms with Crippen molar-refractivity contribution in [3.05, 3.63) is 35.9 Å². The molecule has 1 aliphatic rings. The van der Waals surface area contributed by atoms with Crippen LogP contribution in [0.1, 0.15) is 46.6 Å². The first kappa shape index (κ1) is 22.6. The van der Waals surface area contributed by atoms with Crippen molar-refractivity contribution < 1.29 is 18.8 Å². The zero-order chi connectivity index (χ0) is 21.1.